The Balaban J connectivity index is 1.16. The molecule has 0 unspecified atom stereocenters. The van der Waals surface area contributed by atoms with Crippen LogP contribution in [-0.4, -0.2) is 30.9 Å². The number of hydrogen-bond donors (Lipinski definition) is 1. The van der Waals surface area contributed by atoms with Gasteiger partial charge in [0.1, 0.15) is 11.5 Å². The number of carbonyl (C=O) groups is 3. The Hall–Kier alpha value is -4.36. The maximum absolute atomic E-state index is 12.6. The molecule has 192 valence electrons. The van der Waals surface area contributed by atoms with Gasteiger partial charge in [0.2, 0.25) is 5.91 Å². The van der Waals surface area contributed by atoms with E-state index in [9.17, 15) is 14.4 Å². The van der Waals surface area contributed by atoms with E-state index in [-0.39, 0.29) is 18.9 Å². The van der Waals surface area contributed by atoms with Crippen molar-refractivity contribution in [3.05, 3.63) is 95.5 Å². The lowest BCUT2D eigenvalue weighted by Crippen LogP contribution is -2.28. The molecule has 1 aliphatic rings. The van der Waals surface area contributed by atoms with Crippen LogP contribution >= 0.6 is 11.6 Å². The Morgan fingerprint density at radius 1 is 1.00 bits per heavy atom. The number of fused-ring (bicyclic) bond motifs is 1. The number of nitrogens with one attached hydrogen (secondary N) is 1. The monoisotopic (exact) mass is 528 g/mol. The number of ether oxygens (including phenoxy) is 2. The maximum Gasteiger partial charge on any atom is 0.311 e. The largest absolute Gasteiger partial charge is 0.457 e. The molecule has 0 radical (unpaired) electrons. The van der Waals surface area contributed by atoms with Crippen molar-refractivity contribution >= 4 is 51.5 Å². The first kappa shape index (κ1) is 25.3. The molecule has 38 heavy (non-hydrogen) atoms. The van der Waals surface area contributed by atoms with Gasteiger partial charge in [-0.3, -0.25) is 14.4 Å². The second-order valence-corrected chi connectivity index (χ2v) is 9.51. The summed E-state index contributed by atoms with van der Waals surface area (Å²) in [4.78, 5) is 38.9. The quantitative estimate of drug-likeness (QED) is 0.292. The van der Waals surface area contributed by atoms with E-state index in [1.807, 2.05) is 49.4 Å². The molecular weight excluding hydrogens is 504 g/mol. The van der Waals surface area contributed by atoms with Gasteiger partial charge in [0.15, 0.2) is 6.61 Å². The Labute approximate surface area is 224 Å². The molecule has 2 amide bonds. The summed E-state index contributed by atoms with van der Waals surface area (Å²) in [6, 6.07) is 26.1. The summed E-state index contributed by atoms with van der Waals surface area (Å²) < 4.78 is 11.3. The molecule has 1 saturated heterocycles. The second kappa shape index (κ2) is 10.9. The molecule has 4 aromatic carbocycles. The molecule has 5 rings (SSSR count). The smallest absolute Gasteiger partial charge is 0.311 e. The van der Waals surface area contributed by atoms with Gasteiger partial charge in [-0.1, -0.05) is 54.1 Å². The van der Waals surface area contributed by atoms with E-state index >= 15 is 0 Å². The lowest BCUT2D eigenvalue weighted by atomic mass is 10.1. The molecule has 1 atom stereocenters. The molecule has 1 N–H and O–H groups in total. The number of aryl methyl sites for hydroxylation is 1. The van der Waals surface area contributed by atoms with Crippen LogP contribution in [0, 0.1) is 12.8 Å². The molecule has 0 spiro atoms. The zero-order chi connectivity index (χ0) is 26.6. The van der Waals surface area contributed by atoms with Crippen molar-refractivity contribution in [3.63, 3.8) is 0 Å². The highest BCUT2D eigenvalue weighted by molar-refractivity contribution is 6.31. The Bertz CT molecular complexity index is 1510. The lowest BCUT2D eigenvalue weighted by Gasteiger charge is -2.17. The molecule has 1 heterocycles. The lowest BCUT2D eigenvalue weighted by molar-refractivity contribution is -0.151. The Morgan fingerprint density at radius 3 is 2.55 bits per heavy atom. The first-order valence-electron chi connectivity index (χ1n) is 12.2. The molecule has 0 saturated carbocycles. The molecule has 0 bridgehead atoms. The second-order valence-electron chi connectivity index (χ2n) is 9.10. The van der Waals surface area contributed by atoms with E-state index in [1.54, 1.807) is 47.4 Å². The molecule has 4 aromatic rings. The van der Waals surface area contributed by atoms with E-state index in [4.69, 9.17) is 21.1 Å². The topological polar surface area (TPSA) is 84.9 Å². The van der Waals surface area contributed by atoms with Crippen LogP contribution in [0.2, 0.25) is 5.02 Å². The predicted octanol–water partition coefficient (Wildman–Crippen LogP) is 6.13. The van der Waals surface area contributed by atoms with Crippen molar-refractivity contribution in [3.8, 4) is 11.5 Å². The number of halogens is 1. The number of esters is 1. The van der Waals surface area contributed by atoms with Gasteiger partial charge in [0, 0.05) is 34.7 Å². The van der Waals surface area contributed by atoms with Crippen molar-refractivity contribution in [2.24, 2.45) is 5.92 Å². The summed E-state index contributed by atoms with van der Waals surface area (Å²) >= 11 is 6.07. The molecule has 0 aromatic heterocycles. The van der Waals surface area contributed by atoms with Gasteiger partial charge in [-0.15, -0.1) is 0 Å². The van der Waals surface area contributed by atoms with Crippen molar-refractivity contribution in [1.82, 2.24) is 0 Å². The fourth-order valence-electron chi connectivity index (χ4n) is 4.34. The Morgan fingerprint density at radius 2 is 1.76 bits per heavy atom. The number of carbonyl (C=O) groups excluding carboxylic acids is 3. The van der Waals surface area contributed by atoms with E-state index in [2.05, 4.69) is 5.32 Å². The highest BCUT2D eigenvalue weighted by Crippen LogP contribution is 2.32. The minimum Gasteiger partial charge on any atom is -0.457 e. The number of benzene rings is 4. The molecule has 1 aliphatic heterocycles. The van der Waals surface area contributed by atoms with Crippen molar-refractivity contribution in [1.29, 1.82) is 0 Å². The fraction of sp³-hybridized carbons (Fsp3) is 0.167. The van der Waals surface area contributed by atoms with E-state index < -0.39 is 24.4 Å². The Kier molecular flexibility index (Phi) is 7.29. The molecule has 0 aliphatic carbocycles. The minimum absolute atomic E-state index is 0.0161. The van der Waals surface area contributed by atoms with Crippen LogP contribution < -0.4 is 15.0 Å². The van der Waals surface area contributed by atoms with Crippen molar-refractivity contribution in [2.75, 3.05) is 23.4 Å². The summed E-state index contributed by atoms with van der Waals surface area (Å²) in [6.45, 7) is 1.59. The van der Waals surface area contributed by atoms with Crippen molar-refractivity contribution < 1.29 is 23.9 Å². The average Bonchev–Trinajstić information content (AvgIpc) is 3.31. The van der Waals surface area contributed by atoms with Crippen LogP contribution in [0.5, 0.6) is 11.5 Å². The van der Waals surface area contributed by atoms with Crippen LogP contribution in [0.4, 0.5) is 11.4 Å². The summed E-state index contributed by atoms with van der Waals surface area (Å²) in [7, 11) is 0. The van der Waals surface area contributed by atoms with Gasteiger partial charge < -0.3 is 19.7 Å². The third kappa shape index (κ3) is 5.63. The molecule has 1 fully saturated rings. The van der Waals surface area contributed by atoms with Crippen LogP contribution in [0.25, 0.3) is 10.8 Å². The van der Waals surface area contributed by atoms with Gasteiger partial charge in [-0.25, -0.2) is 0 Å². The summed E-state index contributed by atoms with van der Waals surface area (Å²) in [6.07, 6.45) is 0.0161. The minimum atomic E-state index is -0.657. The van der Waals surface area contributed by atoms with E-state index in [0.717, 1.165) is 22.1 Å². The maximum atomic E-state index is 12.6. The highest BCUT2D eigenvalue weighted by atomic mass is 35.5. The zero-order valence-electron chi connectivity index (χ0n) is 20.6. The van der Waals surface area contributed by atoms with Crippen molar-refractivity contribution in [2.45, 2.75) is 13.3 Å². The molecular formula is C30H25ClN2O5. The van der Waals surface area contributed by atoms with Crippen LogP contribution in [-0.2, 0) is 19.1 Å². The number of nitrogens with zero attached hydrogens (tertiary/aromatic N) is 1. The van der Waals surface area contributed by atoms with Gasteiger partial charge in [-0.2, -0.15) is 0 Å². The first-order valence-corrected chi connectivity index (χ1v) is 12.5. The summed E-state index contributed by atoms with van der Waals surface area (Å²) in [5.41, 5.74) is 2.06. The van der Waals surface area contributed by atoms with Gasteiger partial charge in [0.05, 0.1) is 5.92 Å². The van der Waals surface area contributed by atoms with Gasteiger partial charge in [0.25, 0.3) is 5.91 Å². The summed E-state index contributed by atoms with van der Waals surface area (Å²) in [5, 5.41) is 5.26. The van der Waals surface area contributed by atoms with Crippen LogP contribution in [0.1, 0.15) is 12.0 Å². The SMILES string of the molecule is Cc1ccc(NC(=O)COC(=O)[C@H]2CC(=O)N(c3ccc(Oc4cccc5ccccc45)cc3)C2)cc1Cl. The third-order valence-electron chi connectivity index (χ3n) is 6.39. The van der Waals surface area contributed by atoms with Gasteiger partial charge >= 0.3 is 5.97 Å². The summed E-state index contributed by atoms with van der Waals surface area (Å²) in [5.74, 6) is -0.543. The van der Waals surface area contributed by atoms with Gasteiger partial charge in [-0.05, 0) is 60.3 Å². The average molecular weight is 529 g/mol. The van der Waals surface area contributed by atoms with E-state index in [0.29, 0.717) is 22.1 Å². The number of rotatable bonds is 7. The molecule has 7 nitrogen and oxygen atoms in total. The molecule has 8 heteroatoms. The number of amides is 2. The third-order valence-corrected chi connectivity index (χ3v) is 6.79. The van der Waals surface area contributed by atoms with Crippen LogP contribution in [0.3, 0.4) is 0 Å². The predicted molar refractivity (Wildman–Crippen MR) is 147 cm³/mol. The van der Waals surface area contributed by atoms with E-state index in [1.165, 1.54) is 0 Å². The number of hydrogen-bond acceptors (Lipinski definition) is 5. The fourth-order valence-corrected chi connectivity index (χ4v) is 4.52. The van der Waals surface area contributed by atoms with Crippen LogP contribution in [0.15, 0.2) is 84.9 Å². The normalized spacial score (nSPS) is 14.9. The zero-order valence-corrected chi connectivity index (χ0v) is 21.4. The standard InChI is InChI=1S/C30H25ClN2O5/c1-19-9-10-22(16-26(19)31)32-28(34)18-37-30(36)21-15-29(35)33(17-21)23-11-13-24(14-12-23)38-27-8-4-6-20-5-2-3-7-25(20)27/h2-14,16,21H,15,17-18H2,1H3,(H,32,34)/t21-/m0/s1. The first-order chi connectivity index (χ1) is 18.4. The number of anilines is 2. The highest BCUT2D eigenvalue weighted by Gasteiger charge is 2.36.